The summed E-state index contributed by atoms with van der Waals surface area (Å²) in [7, 11) is 0. The topological polar surface area (TPSA) is 55.4 Å². The number of hydrogen-bond acceptors (Lipinski definition) is 3. The standard InChI is InChI=1S/C19H21ClFNO3/c20-14-2-1-3-15(21)17(14)18(24)25-10-16(23)22-19-7-11-4-12(8-19)6-13(5-11)9-19/h1-3,11-13H,4-10H2,(H,22,23). The van der Waals surface area contributed by atoms with Crippen LogP contribution in [0.15, 0.2) is 18.2 Å². The van der Waals surface area contributed by atoms with E-state index in [1.165, 1.54) is 31.4 Å². The van der Waals surface area contributed by atoms with Gasteiger partial charge in [-0.2, -0.15) is 0 Å². The first kappa shape index (κ1) is 16.8. The number of ether oxygens (including phenoxy) is 1. The Balaban J connectivity index is 1.36. The molecule has 4 fully saturated rings. The number of benzene rings is 1. The second kappa shape index (κ2) is 6.27. The third-order valence-electron chi connectivity index (χ3n) is 5.94. The molecule has 4 aliphatic rings. The van der Waals surface area contributed by atoms with Gasteiger partial charge in [0.05, 0.1) is 5.02 Å². The van der Waals surface area contributed by atoms with E-state index in [2.05, 4.69) is 5.32 Å². The molecule has 0 aliphatic heterocycles. The molecule has 1 amide bonds. The van der Waals surface area contributed by atoms with Crippen LogP contribution in [0.5, 0.6) is 0 Å². The molecule has 134 valence electrons. The molecule has 5 rings (SSSR count). The summed E-state index contributed by atoms with van der Waals surface area (Å²) in [5, 5.41) is 3.10. The Bertz CT molecular complexity index is 665. The Labute approximate surface area is 151 Å². The second-order valence-corrected chi connectivity index (χ2v) is 8.33. The highest BCUT2D eigenvalue weighted by molar-refractivity contribution is 6.33. The molecule has 4 saturated carbocycles. The van der Waals surface area contributed by atoms with E-state index in [9.17, 15) is 14.0 Å². The molecule has 1 N–H and O–H groups in total. The molecule has 0 atom stereocenters. The molecule has 4 nitrogen and oxygen atoms in total. The maximum absolute atomic E-state index is 13.7. The van der Waals surface area contributed by atoms with Crippen molar-refractivity contribution in [1.29, 1.82) is 0 Å². The maximum Gasteiger partial charge on any atom is 0.343 e. The molecular weight excluding hydrogens is 345 g/mol. The molecule has 0 saturated heterocycles. The number of nitrogens with one attached hydrogen (secondary N) is 1. The van der Waals surface area contributed by atoms with Crippen LogP contribution in [0.4, 0.5) is 4.39 Å². The Morgan fingerprint density at radius 1 is 1.16 bits per heavy atom. The highest BCUT2D eigenvalue weighted by Gasteiger charge is 2.51. The average Bonchev–Trinajstić information content (AvgIpc) is 2.51. The zero-order valence-corrected chi connectivity index (χ0v) is 14.7. The summed E-state index contributed by atoms with van der Waals surface area (Å²) in [6.07, 6.45) is 6.94. The Morgan fingerprint density at radius 3 is 2.32 bits per heavy atom. The van der Waals surface area contributed by atoms with E-state index in [0.29, 0.717) is 17.8 Å². The largest absolute Gasteiger partial charge is 0.452 e. The van der Waals surface area contributed by atoms with Crippen LogP contribution in [0, 0.1) is 23.6 Å². The summed E-state index contributed by atoms with van der Waals surface area (Å²) in [5.74, 6) is 0.162. The van der Waals surface area contributed by atoms with Gasteiger partial charge in [0, 0.05) is 5.54 Å². The van der Waals surface area contributed by atoms with Crippen LogP contribution in [0.25, 0.3) is 0 Å². The molecule has 0 radical (unpaired) electrons. The highest BCUT2D eigenvalue weighted by atomic mass is 35.5. The molecule has 6 heteroatoms. The molecule has 0 unspecified atom stereocenters. The summed E-state index contributed by atoms with van der Waals surface area (Å²) in [4.78, 5) is 24.3. The average molecular weight is 366 g/mol. The van der Waals surface area contributed by atoms with Crippen LogP contribution in [0.3, 0.4) is 0 Å². The van der Waals surface area contributed by atoms with Crippen molar-refractivity contribution < 1.29 is 18.7 Å². The van der Waals surface area contributed by atoms with E-state index in [1.807, 2.05) is 0 Å². The van der Waals surface area contributed by atoms with Gasteiger partial charge < -0.3 is 10.1 Å². The molecule has 4 bridgehead atoms. The van der Waals surface area contributed by atoms with Crippen LogP contribution < -0.4 is 5.32 Å². The fourth-order valence-electron chi connectivity index (χ4n) is 5.49. The van der Waals surface area contributed by atoms with Gasteiger partial charge in [0.1, 0.15) is 11.4 Å². The Hall–Kier alpha value is -1.62. The number of rotatable bonds is 4. The van der Waals surface area contributed by atoms with E-state index >= 15 is 0 Å². The Kier molecular flexibility index (Phi) is 4.22. The minimum absolute atomic E-state index is 0.0218. The zero-order chi connectivity index (χ0) is 17.6. The normalized spacial score (nSPS) is 32.5. The van der Waals surface area contributed by atoms with E-state index < -0.39 is 18.4 Å². The minimum Gasteiger partial charge on any atom is -0.452 e. The SMILES string of the molecule is O=C(COC(=O)c1c(F)cccc1Cl)NC12CC3CC(CC(C3)C1)C2. The number of hydrogen-bond donors (Lipinski definition) is 1. The van der Waals surface area contributed by atoms with Crippen molar-refractivity contribution in [3.63, 3.8) is 0 Å². The molecule has 0 aromatic heterocycles. The van der Waals surface area contributed by atoms with Crippen LogP contribution in [-0.2, 0) is 9.53 Å². The number of esters is 1. The molecule has 1 aromatic rings. The summed E-state index contributed by atoms with van der Waals surface area (Å²) < 4.78 is 18.7. The van der Waals surface area contributed by atoms with Crippen molar-refractivity contribution in [1.82, 2.24) is 5.32 Å². The summed E-state index contributed by atoms with van der Waals surface area (Å²) >= 11 is 5.84. The molecule has 0 spiro atoms. The summed E-state index contributed by atoms with van der Waals surface area (Å²) in [5.41, 5.74) is -0.458. The van der Waals surface area contributed by atoms with Crippen molar-refractivity contribution in [2.75, 3.05) is 6.61 Å². The third kappa shape index (κ3) is 3.26. The van der Waals surface area contributed by atoms with Crippen LogP contribution in [0.1, 0.15) is 48.9 Å². The van der Waals surface area contributed by atoms with E-state index in [0.717, 1.165) is 25.3 Å². The van der Waals surface area contributed by atoms with Crippen molar-refractivity contribution in [3.8, 4) is 0 Å². The first-order valence-electron chi connectivity index (χ1n) is 8.86. The summed E-state index contributed by atoms with van der Waals surface area (Å²) in [6.45, 7) is -0.411. The number of amides is 1. The second-order valence-electron chi connectivity index (χ2n) is 7.92. The van der Waals surface area contributed by atoms with Crippen molar-refractivity contribution in [2.24, 2.45) is 17.8 Å². The van der Waals surface area contributed by atoms with Gasteiger partial charge >= 0.3 is 5.97 Å². The molecule has 1 aromatic carbocycles. The van der Waals surface area contributed by atoms with Gasteiger partial charge in [-0.3, -0.25) is 4.79 Å². The number of carbonyl (C=O) groups excluding carboxylic acids is 2. The fourth-order valence-corrected chi connectivity index (χ4v) is 5.73. The first-order chi connectivity index (χ1) is 11.9. The van der Waals surface area contributed by atoms with Gasteiger partial charge in [-0.05, 0) is 68.4 Å². The number of carbonyl (C=O) groups is 2. The van der Waals surface area contributed by atoms with E-state index in [4.69, 9.17) is 16.3 Å². The van der Waals surface area contributed by atoms with Gasteiger partial charge in [-0.1, -0.05) is 17.7 Å². The molecule has 4 aliphatic carbocycles. The smallest absolute Gasteiger partial charge is 0.343 e. The van der Waals surface area contributed by atoms with Crippen molar-refractivity contribution >= 4 is 23.5 Å². The predicted molar refractivity (Wildman–Crippen MR) is 90.7 cm³/mol. The Morgan fingerprint density at radius 2 is 1.76 bits per heavy atom. The predicted octanol–water partition coefficient (Wildman–Crippen LogP) is 3.72. The summed E-state index contributed by atoms with van der Waals surface area (Å²) in [6, 6.07) is 3.96. The lowest BCUT2D eigenvalue weighted by Gasteiger charge is -2.56. The van der Waals surface area contributed by atoms with Gasteiger partial charge in [-0.15, -0.1) is 0 Å². The van der Waals surface area contributed by atoms with Crippen molar-refractivity contribution in [3.05, 3.63) is 34.6 Å². The maximum atomic E-state index is 13.7. The van der Waals surface area contributed by atoms with E-state index in [1.54, 1.807) is 0 Å². The lowest BCUT2D eigenvalue weighted by atomic mass is 9.53. The van der Waals surface area contributed by atoms with Crippen molar-refractivity contribution in [2.45, 2.75) is 44.1 Å². The minimum atomic E-state index is -0.913. The zero-order valence-electron chi connectivity index (χ0n) is 13.9. The first-order valence-corrected chi connectivity index (χ1v) is 9.24. The lowest BCUT2D eigenvalue weighted by molar-refractivity contribution is -0.130. The van der Waals surface area contributed by atoms with Crippen LogP contribution in [0.2, 0.25) is 5.02 Å². The third-order valence-corrected chi connectivity index (χ3v) is 6.26. The van der Waals surface area contributed by atoms with Gasteiger partial charge in [0.15, 0.2) is 6.61 Å². The van der Waals surface area contributed by atoms with Gasteiger partial charge in [-0.25, -0.2) is 9.18 Å². The van der Waals surface area contributed by atoms with Gasteiger partial charge in [0.25, 0.3) is 5.91 Å². The van der Waals surface area contributed by atoms with E-state index in [-0.39, 0.29) is 22.0 Å². The molecule has 0 heterocycles. The van der Waals surface area contributed by atoms with Gasteiger partial charge in [0.2, 0.25) is 0 Å². The number of halogens is 2. The van der Waals surface area contributed by atoms with Crippen LogP contribution in [-0.4, -0.2) is 24.0 Å². The molecular formula is C19H21ClFNO3. The quantitative estimate of drug-likeness (QED) is 0.827. The fraction of sp³-hybridized carbons (Fsp3) is 0.579. The van der Waals surface area contributed by atoms with Crippen LogP contribution >= 0.6 is 11.6 Å². The highest BCUT2D eigenvalue weighted by Crippen LogP contribution is 2.55. The lowest BCUT2D eigenvalue weighted by Crippen LogP contribution is -2.60. The monoisotopic (exact) mass is 365 g/mol. The molecule has 25 heavy (non-hydrogen) atoms.